The van der Waals surface area contributed by atoms with Crippen LogP contribution in [0.25, 0.3) is 5.82 Å². The van der Waals surface area contributed by atoms with Crippen LogP contribution in [0.5, 0.6) is 11.5 Å². The van der Waals surface area contributed by atoms with Gasteiger partial charge in [-0.25, -0.2) is 19.7 Å². The average Bonchev–Trinajstić information content (AvgIpc) is 3.17. The van der Waals surface area contributed by atoms with Gasteiger partial charge in [-0.15, -0.1) is 0 Å². The highest BCUT2D eigenvalue weighted by Crippen LogP contribution is 2.29. The van der Waals surface area contributed by atoms with Crippen molar-refractivity contribution in [2.75, 3.05) is 50.6 Å². The molecule has 0 bridgehead atoms. The summed E-state index contributed by atoms with van der Waals surface area (Å²) < 4.78 is 12.5. The third-order valence-electron chi connectivity index (χ3n) is 5.68. The number of aromatic nitrogens is 4. The molecule has 0 spiro atoms. The Bertz CT molecular complexity index is 1110. The van der Waals surface area contributed by atoms with Gasteiger partial charge in [-0.2, -0.15) is 0 Å². The summed E-state index contributed by atoms with van der Waals surface area (Å²) in [6, 6.07) is 7.08. The Morgan fingerprint density at radius 1 is 0.969 bits per heavy atom. The molecule has 1 aromatic carbocycles. The summed E-state index contributed by atoms with van der Waals surface area (Å²) in [6.45, 7) is 6.48. The Morgan fingerprint density at radius 3 is 2.38 bits per heavy atom. The number of anilines is 2. The quantitative estimate of drug-likeness (QED) is 0.655. The van der Waals surface area contributed by atoms with Crippen LogP contribution in [0.4, 0.5) is 16.3 Å². The SMILES string of the molecule is COc1ccc(NC(=O)N2CCN(c3cc(-n4cnc(C)c4C)ncn3)CC2)c(OC)c1. The normalized spacial score (nSPS) is 13.8. The number of hydrogen-bond acceptors (Lipinski definition) is 7. The van der Waals surface area contributed by atoms with Crippen LogP contribution in [0.2, 0.25) is 0 Å². The third-order valence-corrected chi connectivity index (χ3v) is 5.68. The molecular formula is C22H27N7O3. The van der Waals surface area contributed by atoms with Crippen LogP contribution < -0.4 is 19.7 Å². The van der Waals surface area contributed by atoms with E-state index in [9.17, 15) is 4.79 Å². The second kappa shape index (κ2) is 9.13. The molecule has 1 aliphatic rings. The van der Waals surface area contributed by atoms with Crippen molar-refractivity contribution >= 4 is 17.5 Å². The molecule has 4 rings (SSSR count). The Balaban J connectivity index is 1.40. The fourth-order valence-corrected chi connectivity index (χ4v) is 3.61. The summed E-state index contributed by atoms with van der Waals surface area (Å²) in [6.07, 6.45) is 3.33. The molecule has 0 unspecified atom stereocenters. The molecule has 1 aliphatic heterocycles. The maximum Gasteiger partial charge on any atom is 0.322 e. The summed E-state index contributed by atoms with van der Waals surface area (Å²) in [7, 11) is 3.15. The van der Waals surface area contributed by atoms with Crippen LogP contribution >= 0.6 is 0 Å². The van der Waals surface area contributed by atoms with Crippen LogP contribution in [0.3, 0.4) is 0 Å². The average molecular weight is 438 g/mol. The predicted molar refractivity (Wildman–Crippen MR) is 121 cm³/mol. The van der Waals surface area contributed by atoms with Gasteiger partial charge >= 0.3 is 6.03 Å². The minimum Gasteiger partial charge on any atom is -0.497 e. The van der Waals surface area contributed by atoms with Crippen molar-refractivity contribution in [1.29, 1.82) is 0 Å². The van der Waals surface area contributed by atoms with Crippen molar-refractivity contribution in [1.82, 2.24) is 24.4 Å². The van der Waals surface area contributed by atoms with Gasteiger partial charge in [-0.3, -0.25) is 4.57 Å². The van der Waals surface area contributed by atoms with Crippen molar-refractivity contribution in [3.8, 4) is 17.3 Å². The smallest absolute Gasteiger partial charge is 0.322 e. The van der Waals surface area contributed by atoms with Crippen molar-refractivity contribution in [2.24, 2.45) is 0 Å². The molecule has 0 atom stereocenters. The number of aryl methyl sites for hydroxylation is 1. The van der Waals surface area contributed by atoms with E-state index in [2.05, 4.69) is 25.2 Å². The number of carbonyl (C=O) groups is 1. The second-order valence-corrected chi connectivity index (χ2v) is 7.49. The molecule has 3 aromatic rings. The van der Waals surface area contributed by atoms with Gasteiger partial charge in [-0.05, 0) is 26.0 Å². The Kier molecular flexibility index (Phi) is 6.11. The number of hydrogen-bond donors (Lipinski definition) is 1. The Morgan fingerprint density at radius 2 is 1.72 bits per heavy atom. The van der Waals surface area contributed by atoms with Gasteiger partial charge in [0.05, 0.1) is 25.6 Å². The number of nitrogens with one attached hydrogen (secondary N) is 1. The molecule has 1 fully saturated rings. The fourth-order valence-electron chi connectivity index (χ4n) is 3.61. The zero-order valence-corrected chi connectivity index (χ0v) is 18.7. The van der Waals surface area contributed by atoms with E-state index in [0.717, 1.165) is 23.0 Å². The van der Waals surface area contributed by atoms with E-state index in [1.165, 1.54) is 0 Å². The van der Waals surface area contributed by atoms with Gasteiger partial charge in [0.25, 0.3) is 0 Å². The highest BCUT2D eigenvalue weighted by atomic mass is 16.5. The number of carbonyl (C=O) groups excluding carboxylic acids is 1. The first-order valence-electron chi connectivity index (χ1n) is 10.4. The van der Waals surface area contributed by atoms with Crippen LogP contribution in [-0.4, -0.2) is 70.8 Å². The van der Waals surface area contributed by atoms with E-state index in [1.54, 1.807) is 50.0 Å². The van der Waals surface area contributed by atoms with Crippen molar-refractivity contribution in [2.45, 2.75) is 13.8 Å². The zero-order chi connectivity index (χ0) is 22.7. The Labute approximate surface area is 186 Å². The summed E-state index contributed by atoms with van der Waals surface area (Å²) in [5.74, 6) is 2.83. The van der Waals surface area contributed by atoms with Crippen molar-refractivity contribution < 1.29 is 14.3 Å². The molecule has 32 heavy (non-hydrogen) atoms. The van der Waals surface area contributed by atoms with E-state index >= 15 is 0 Å². The largest absolute Gasteiger partial charge is 0.497 e. The van der Waals surface area contributed by atoms with E-state index in [0.29, 0.717) is 43.4 Å². The number of urea groups is 1. The molecule has 0 radical (unpaired) electrons. The summed E-state index contributed by atoms with van der Waals surface area (Å²) in [5, 5.41) is 2.93. The van der Waals surface area contributed by atoms with Crippen LogP contribution in [0, 0.1) is 13.8 Å². The number of nitrogens with zero attached hydrogens (tertiary/aromatic N) is 6. The van der Waals surface area contributed by atoms with E-state index in [4.69, 9.17) is 9.47 Å². The molecular weight excluding hydrogens is 410 g/mol. The highest BCUT2D eigenvalue weighted by Gasteiger charge is 2.23. The molecule has 168 valence electrons. The van der Waals surface area contributed by atoms with Gasteiger partial charge in [-0.1, -0.05) is 0 Å². The standard InChI is InChI=1S/C22H27N7O3/c1-15-16(2)29(14-25-15)21-12-20(23-13-24-21)27-7-9-28(10-8-27)22(30)26-18-6-5-17(31-3)11-19(18)32-4/h5-6,11-14H,7-10H2,1-4H3,(H,26,30). The number of amides is 2. The minimum absolute atomic E-state index is 0.166. The lowest BCUT2D eigenvalue weighted by molar-refractivity contribution is 0.208. The number of rotatable bonds is 5. The van der Waals surface area contributed by atoms with E-state index in [1.807, 2.05) is 24.5 Å². The lowest BCUT2D eigenvalue weighted by Gasteiger charge is -2.35. The topological polar surface area (TPSA) is 97.6 Å². The first kappa shape index (κ1) is 21.4. The predicted octanol–water partition coefficient (Wildman–Crippen LogP) is 2.65. The monoisotopic (exact) mass is 437 g/mol. The molecule has 1 saturated heterocycles. The van der Waals surface area contributed by atoms with Crippen LogP contribution in [0.15, 0.2) is 36.9 Å². The summed E-state index contributed by atoms with van der Waals surface area (Å²) >= 11 is 0. The first-order valence-corrected chi connectivity index (χ1v) is 10.4. The van der Waals surface area contributed by atoms with Gasteiger partial charge in [0.2, 0.25) is 0 Å². The summed E-state index contributed by atoms with van der Waals surface area (Å²) in [5.41, 5.74) is 2.62. The molecule has 2 aromatic heterocycles. The molecule has 2 amide bonds. The first-order chi connectivity index (χ1) is 15.5. The molecule has 1 N–H and O–H groups in total. The second-order valence-electron chi connectivity index (χ2n) is 7.49. The van der Waals surface area contributed by atoms with E-state index in [-0.39, 0.29) is 6.03 Å². The van der Waals surface area contributed by atoms with Gasteiger partial charge in [0.1, 0.15) is 35.8 Å². The maximum absolute atomic E-state index is 12.8. The summed E-state index contributed by atoms with van der Waals surface area (Å²) in [4.78, 5) is 29.9. The van der Waals surface area contributed by atoms with E-state index < -0.39 is 0 Å². The molecule has 10 heteroatoms. The number of ether oxygens (including phenoxy) is 2. The van der Waals surface area contributed by atoms with Crippen molar-refractivity contribution in [3.63, 3.8) is 0 Å². The number of imidazole rings is 1. The highest BCUT2D eigenvalue weighted by molar-refractivity contribution is 5.91. The Hall–Kier alpha value is -3.82. The lowest BCUT2D eigenvalue weighted by atomic mass is 10.2. The number of benzene rings is 1. The molecule has 0 aliphatic carbocycles. The van der Waals surface area contributed by atoms with Crippen molar-refractivity contribution in [3.05, 3.63) is 48.3 Å². The fraction of sp³-hybridized carbons (Fsp3) is 0.364. The van der Waals surface area contributed by atoms with Crippen LogP contribution in [0.1, 0.15) is 11.4 Å². The minimum atomic E-state index is -0.166. The number of methoxy groups -OCH3 is 2. The van der Waals surface area contributed by atoms with Gasteiger partial charge in [0, 0.05) is 44.0 Å². The van der Waals surface area contributed by atoms with Crippen LogP contribution in [-0.2, 0) is 0 Å². The van der Waals surface area contributed by atoms with Gasteiger partial charge in [0.15, 0.2) is 0 Å². The zero-order valence-electron chi connectivity index (χ0n) is 18.7. The molecule has 3 heterocycles. The number of piperazine rings is 1. The maximum atomic E-state index is 12.8. The van der Waals surface area contributed by atoms with Gasteiger partial charge < -0.3 is 24.6 Å². The molecule has 0 saturated carbocycles. The lowest BCUT2D eigenvalue weighted by Crippen LogP contribution is -2.50. The molecule has 10 nitrogen and oxygen atoms in total. The third kappa shape index (κ3) is 4.29.